The van der Waals surface area contributed by atoms with Crippen LogP contribution in [0.2, 0.25) is 0 Å². The normalized spacial score (nSPS) is 26.1. The minimum atomic E-state index is -0.511. The molecule has 2 N–H and O–H groups in total. The van der Waals surface area contributed by atoms with Crippen molar-refractivity contribution in [3.05, 3.63) is 47.5 Å². The Morgan fingerprint density at radius 2 is 1.82 bits per heavy atom. The van der Waals surface area contributed by atoms with Crippen LogP contribution in [-0.2, 0) is 32.1 Å². The van der Waals surface area contributed by atoms with E-state index in [0.717, 1.165) is 49.7 Å². The number of aliphatic hydroxyl groups excluding tert-OH is 1. The van der Waals surface area contributed by atoms with Crippen LogP contribution < -0.4 is 5.32 Å². The van der Waals surface area contributed by atoms with Crippen molar-refractivity contribution in [1.82, 2.24) is 10.2 Å². The van der Waals surface area contributed by atoms with Crippen molar-refractivity contribution >= 4 is 17.8 Å². The predicted molar refractivity (Wildman–Crippen MR) is 146 cm³/mol. The highest BCUT2D eigenvalue weighted by Crippen LogP contribution is 2.28. The van der Waals surface area contributed by atoms with Gasteiger partial charge in [0.15, 0.2) is 0 Å². The number of carbonyl (C=O) groups is 3. The van der Waals surface area contributed by atoms with Gasteiger partial charge in [0.2, 0.25) is 11.8 Å². The number of rotatable bonds is 5. The van der Waals surface area contributed by atoms with Gasteiger partial charge >= 0.3 is 5.97 Å². The Balaban J connectivity index is 1.47. The molecule has 1 fully saturated rings. The van der Waals surface area contributed by atoms with Crippen molar-refractivity contribution < 1.29 is 24.2 Å². The van der Waals surface area contributed by atoms with Gasteiger partial charge in [-0.3, -0.25) is 14.4 Å². The van der Waals surface area contributed by atoms with Crippen LogP contribution in [0.3, 0.4) is 0 Å². The first-order valence-electron chi connectivity index (χ1n) is 14.6. The lowest BCUT2D eigenvalue weighted by atomic mass is 9.84. The maximum atomic E-state index is 13.6. The van der Waals surface area contributed by atoms with Crippen molar-refractivity contribution in [1.29, 1.82) is 0 Å². The summed E-state index contributed by atoms with van der Waals surface area (Å²) in [5, 5.41) is 13.2. The van der Waals surface area contributed by atoms with E-state index in [4.69, 9.17) is 4.74 Å². The van der Waals surface area contributed by atoms with E-state index in [2.05, 4.69) is 17.5 Å². The molecular weight excluding hydrogens is 480 g/mol. The number of allylic oxidation sites excluding steroid dienone is 2. The largest absolute Gasteiger partial charge is 0.463 e. The van der Waals surface area contributed by atoms with Crippen molar-refractivity contribution in [2.75, 3.05) is 13.2 Å². The van der Waals surface area contributed by atoms with Crippen LogP contribution in [0.1, 0.15) is 88.2 Å². The molecule has 3 atom stereocenters. The van der Waals surface area contributed by atoms with Gasteiger partial charge in [0.1, 0.15) is 6.61 Å². The molecule has 0 saturated heterocycles. The summed E-state index contributed by atoms with van der Waals surface area (Å²) in [7, 11) is 0. The van der Waals surface area contributed by atoms with Crippen molar-refractivity contribution in [2.24, 2.45) is 11.8 Å². The summed E-state index contributed by atoms with van der Waals surface area (Å²) in [4.78, 5) is 41.2. The van der Waals surface area contributed by atoms with Crippen molar-refractivity contribution in [3.8, 4) is 0 Å². The number of esters is 1. The van der Waals surface area contributed by atoms with Crippen LogP contribution in [-0.4, -0.2) is 53.1 Å². The van der Waals surface area contributed by atoms with Crippen LogP contribution in [0, 0.1) is 11.8 Å². The van der Waals surface area contributed by atoms with Crippen molar-refractivity contribution in [3.63, 3.8) is 0 Å². The van der Waals surface area contributed by atoms with E-state index in [9.17, 15) is 19.5 Å². The second-order valence-corrected chi connectivity index (χ2v) is 11.3. The summed E-state index contributed by atoms with van der Waals surface area (Å²) < 4.78 is 5.59. The Kier molecular flexibility index (Phi) is 10.8. The maximum Gasteiger partial charge on any atom is 0.305 e. The second-order valence-electron chi connectivity index (χ2n) is 11.3. The number of ether oxygens (including phenoxy) is 1. The minimum absolute atomic E-state index is 0.0881. The number of hydrogen-bond donors (Lipinski definition) is 2. The Labute approximate surface area is 227 Å². The lowest BCUT2D eigenvalue weighted by Crippen LogP contribution is -2.48. The molecule has 208 valence electrons. The van der Waals surface area contributed by atoms with E-state index in [1.54, 1.807) is 4.90 Å². The summed E-state index contributed by atoms with van der Waals surface area (Å²) in [5.41, 5.74) is 2.25. The molecule has 7 heteroatoms. The molecule has 2 amide bonds. The smallest absolute Gasteiger partial charge is 0.305 e. The summed E-state index contributed by atoms with van der Waals surface area (Å²) in [6.07, 6.45) is 14.9. The number of aliphatic hydroxyl groups is 1. The summed E-state index contributed by atoms with van der Waals surface area (Å²) in [6.45, 7) is 0.531. The second kappa shape index (κ2) is 14.5. The number of amides is 2. The number of cyclic esters (lactones) is 1. The SMILES string of the molecule is O=C1CCCCC=CCC(CC(=O)N2Cc3ccccc3CC2CO)C(=O)NC(CC2CCCCC2)CO1. The molecule has 38 heavy (non-hydrogen) atoms. The highest BCUT2D eigenvalue weighted by molar-refractivity contribution is 5.86. The van der Waals surface area contributed by atoms with Gasteiger partial charge in [-0.15, -0.1) is 0 Å². The highest BCUT2D eigenvalue weighted by atomic mass is 16.5. The Morgan fingerprint density at radius 1 is 1.03 bits per heavy atom. The highest BCUT2D eigenvalue weighted by Gasteiger charge is 2.33. The molecule has 0 radical (unpaired) electrons. The van der Waals surface area contributed by atoms with Crippen LogP contribution in [0.5, 0.6) is 0 Å². The van der Waals surface area contributed by atoms with Gasteiger partial charge in [0, 0.05) is 19.4 Å². The zero-order valence-electron chi connectivity index (χ0n) is 22.6. The molecule has 4 rings (SSSR count). The maximum absolute atomic E-state index is 13.6. The average Bonchev–Trinajstić information content (AvgIpc) is 2.94. The van der Waals surface area contributed by atoms with Gasteiger partial charge in [-0.05, 0) is 55.6 Å². The quantitative estimate of drug-likeness (QED) is 0.438. The van der Waals surface area contributed by atoms with E-state index < -0.39 is 5.92 Å². The number of nitrogens with zero attached hydrogens (tertiary/aromatic N) is 1. The molecule has 1 saturated carbocycles. The third-order valence-electron chi connectivity index (χ3n) is 8.40. The Morgan fingerprint density at radius 3 is 2.61 bits per heavy atom. The number of fused-ring (bicyclic) bond motifs is 1. The summed E-state index contributed by atoms with van der Waals surface area (Å²) in [6, 6.07) is 7.50. The van der Waals surface area contributed by atoms with Crippen LogP contribution in [0.25, 0.3) is 0 Å². The fourth-order valence-electron chi connectivity index (χ4n) is 6.14. The molecule has 0 aromatic heterocycles. The molecule has 1 aromatic rings. The first-order chi connectivity index (χ1) is 18.5. The molecule has 7 nitrogen and oxygen atoms in total. The first-order valence-corrected chi connectivity index (χ1v) is 14.6. The topological polar surface area (TPSA) is 95.9 Å². The summed E-state index contributed by atoms with van der Waals surface area (Å²) in [5.74, 6) is -0.465. The minimum Gasteiger partial charge on any atom is -0.463 e. The van der Waals surface area contributed by atoms with E-state index in [0.29, 0.717) is 31.7 Å². The Hall–Kier alpha value is -2.67. The fraction of sp³-hybridized carbons (Fsp3) is 0.645. The molecule has 3 aliphatic rings. The monoisotopic (exact) mass is 524 g/mol. The van der Waals surface area contributed by atoms with E-state index in [-0.39, 0.29) is 49.5 Å². The number of benzene rings is 1. The van der Waals surface area contributed by atoms with Gasteiger partial charge in [0.05, 0.1) is 24.6 Å². The number of hydrogen-bond acceptors (Lipinski definition) is 5. The average molecular weight is 525 g/mol. The molecule has 3 unspecified atom stereocenters. The third kappa shape index (κ3) is 8.16. The molecule has 2 aliphatic heterocycles. The number of nitrogens with one attached hydrogen (secondary N) is 1. The van der Waals surface area contributed by atoms with Gasteiger partial charge < -0.3 is 20.1 Å². The third-order valence-corrected chi connectivity index (χ3v) is 8.40. The van der Waals surface area contributed by atoms with Gasteiger partial charge in [0.25, 0.3) is 0 Å². The van der Waals surface area contributed by atoms with Crippen molar-refractivity contribution in [2.45, 2.75) is 102 Å². The molecule has 0 spiro atoms. The lowest BCUT2D eigenvalue weighted by molar-refractivity contribution is -0.145. The van der Waals surface area contributed by atoms with E-state index in [1.165, 1.54) is 19.3 Å². The van der Waals surface area contributed by atoms with E-state index in [1.807, 2.05) is 24.3 Å². The fourth-order valence-corrected chi connectivity index (χ4v) is 6.14. The molecular formula is C31H44N2O5. The van der Waals surface area contributed by atoms with Crippen LogP contribution >= 0.6 is 0 Å². The molecule has 1 aliphatic carbocycles. The predicted octanol–water partition coefficient (Wildman–Crippen LogP) is 4.46. The van der Waals surface area contributed by atoms with Crippen LogP contribution in [0.15, 0.2) is 36.4 Å². The van der Waals surface area contributed by atoms with Crippen LogP contribution in [0.4, 0.5) is 0 Å². The lowest BCUT2D eigenvalue weighted by Gasteiger charge is -2.37. The van der Waals surface area contributed by atoms with Gasteiger partial charge in [-0.1, -0.05) is 68.5 Å². The zero-order chi connectivity index (χ0) is 26.7. The molecule has 0 bridgehead atoms. The first kappa shape index (κ1) is 28.3. The van der Waals surface area contributed by atoms with Gasteiger partial charge in [-0.2, -0.15) is 0 Å². The van der Waals surface area contributed by atoms with Gasteiger partial charge in [-0.25, -0.2) is 0 Å². The molecule has 2 heterocycles. The zero-order valence-corrected chi connectivity index (χ0v) is 22.6. The standard InChI is InChI=1S/C31H44N2O5/c34-21-28-18-24-13-9-10-15-26(24)20-33(28)29(35)19-25-14-7-2-1-3-8-16-30(36)38-22-27(32-31(25)37)17-23-11-5-4-6-12-23/h2,7,9-10,13,15,23,25,27-28,34H,1,3-6,8,11-12,14,16-22H2,(H,32,37). The summed E-state index contributed by atoms with van der Waals surface area (Å²) >= 11 is 0. The van der Waals surface area contributed by atoms with E-state index >= 15 is 0 Å². The Bertz CT molecular complexity index is 971. The number of carbonyl (C=O) groups excluding carboxylic acids is 3. The molecule has 1 aromatic carbocycles.